The number of allylic oxidation sites excluding steroid dienone is 4. The Kier molecular flexibility index (Phi) is 16.5. The predicted octanol–water partition coefficient (Wildman–Crippen LogP) is 4.93. The molecule has 0 radical (unpaired) electrons. The summed E-state index contributed by atoms with van der Waals surface area (Å²) < 4.78 is 30.6. The van der Waals surface area contributed by atoms with Crippen molar-refractivity contribution in [2.24, 2.45) is 0 Å². The highest BCUT2D eigenvalue weighted by Crippen LogP contribution is 2.35. The highest BCUT2D eigenvalue weighted by molar-refractivity contribution is 7.46. The Morgan fingerprint density at radius 3 is 2.23 bits per heavy atom. The number of carbonyl (C=O) groups excluding carboxylic acids is 2. The Hall–Kier alpha value is -1.77. The van der Waals surface area contributed by atoms with Crippen molar-refractivity contribution >= 4 is 19.8 Å². The van der Waals surface area contributed by atoms with Gasteiger partial charge in [-0.2, -0.15) is 0 Å². The second-order valence-corrected chi connectivity index (χ2v) is 9.66. The highest BCUT2D eigenvalue weighted by atomic mass is 31.2. The van der Waals surface area contributed by atoms with Crippen LogP contribution in [-0.4, -0.2) is 53.3 Å². The maximum Gasteiger partial charge on any atom is 0.469 e. The fourth-order valence-corrected chi connectivity index (χ4v) is 3.59. The first-order chi connectivity index (χ1) is 16.7. The summed E-state index contributed by atoms with van der Waals surface area (Å²) in [7, 11) is -4.71. The first kappa shape index (κ1) is 31.3. The Morgan fingerprint density at radius 2 is 1.57 bits per heavy atom. The number of ether oxygens (including phenoxy) is 3. The Morgan fingerprint density at radius 1 is 0.943 bits per heavy atom. The van der Waals surface area contributed by atoms with Crippen LogP contribution in [0.25, 0.3) is 0 Å². The van der Waals surface area contributed by atoms with Crippen molar-refractivity contribution in [3.8, 4) is 0 Å². The Bertz CT molecular complexity index is 741. The fourth-order valence-electron chi connectivity index (χ4n) is 3.23. The van der Waals surface area contributed by atoms with Crippen molar-refractivity contribution in [1.82, 2.24) is 0 Å². The van der Waals surface area contributed by atoms with Crippen LogP contribution in [0.4, 0.5) is 0 Å². The number of hydrogen-bond donors (Lipinski definition) is 2. The summed E-state index contributed by atoms with van der Waals surface area (Å²) in [5, 5.41) is 0. The molecule has 0 amide bonds. The minimum atomic E-state index is -4.71. The third-order valence-electron chi connectivity index (χ3n) is 5.11. The molecule has 0 aliphatic carbocycles. The molecule has 200 valence electrons. The van der Waals surface area contributed by atoms with E-state index in [2.05, 4.69) is 35.8 Å². The van der Waals surface area contributed by atoms with Gasteiger partial charge in [-0.25, -0.2) is 4.57 Å². The van der Waals surface area contributed by atoms with Crippen LogP contribution >= 0.6 is 7.82 Å². The van der Waals surface area contributed by atoms with E-state index in [4.69, 9.17) is 24.0 Å². The molecule has 10 heteroatoms. The third kappa shape index (κ3) is 19.1. The zero-order valence-corrected chi connectivity index (χ0v) is 21.8. The van der Waals surface area contributed by atoms with E-state index in [-0.39, 0.29) is 13.0 Å². The van der Waals surface area contributed by atoms with Gasteiger partial charge in [-0.05, 0) is 44.9 Å². The topological polar surface area (TPSA) is 132 Å². The van der Waals surface area contributed by atoms with E-state index >= 15 is 0 Å². The second-order valence-electron chi connectivity index (χ2n) is 8.42. The highest BCUT2D eigenvalue weighted by Gasteiger charge is 2.35. The van der Waals surface area contributed by atoms with Gasteiger partial charge in [0.25, 0.3) is 0 Å². The fraction of sp³-hybridized carbons (Fsp3) is 0.680. The number of unbranched alkanes of at least 4 members (excludes halogenated alkanes) is 4. The molecule has 3 atom stereocenters. The number of rotatable bonds is 20. The lowest BCUT2D eigenvalue weighted by Gasteiger charge is -2.17. The molecule has 9 nitrogen and oxygen atoms in total. The van der Waals surface area contributed by atoms with E-state index in [1.807, 2.05) is 12.2 Å². The minimum absolute atomic E-state index is 0.180. The monoisotopic (exact) mass is 516 g/mol. The maximum atomic E-state index is 11.8. The summed E-state index contributed by atoms with van der Waals surface area (Å²) in [5.74, 6) is -1.16. The average molecular weight is 517 g/mol. The van der Waals surface area contributed by atoms with E-state index < -0.39 is 32.5 Å². The summed E-state index contributed by atoms with van der Waals surface area (Å²) >= 11 is 0. The van der Waals surface area contributed by atoms with Crippen LogP contribution in [0.5, 0.6) is 0 Å². The van der Waals surface area contributed by atoms with Crippen molar-refractivity contribution in [1.29, 1.82) is 0 Å². The van der Waals surface area contributed by atoms with E-state index in [0.717, 1.165) is 39.0 Å². The molecular weight excluding hydrogens is 475 g/mol. The van der Waals surface area contributed by atoms with Crippen LogP contribution in [0.1, 0.15) is 78.1 Å². The van der Waals surface area contributed by atoms with Crippen molar-refractivity contribution in [3.05, 3.63) is 36.5 Å². The van der Waals surface area contributed by atoms with E-state index in [9.17, 15) is 14.2 Å². The van der Waals surface area contributed by atoms with Gasteiger partial charge in [-0.3, -0.25) is 14.1 Å². The van der Waals surface area contributed by atoms with Gasteiger partial charge in [0.05, 0.1) is 18.8 Å². The number of esters is 2. The Balaban J connectivity index is 2.06. The van der Waals surface area contributed by atoms with Crippen molar-refractivity contribution in [2.75, 3.05) is 13.2 Å². The van der Waals surface area contributed by atoms with Crippen molar-refractivity contribution < 1.29 is 42.7 Å². The quantitative estimate of drug-likeness (QED) is 0.0760. The molecular formula is C25H41O9P. The first-order valence-electron chi connectivity index (χ1n) is 12.3. The van der Waals surface area contributed by atoms with Gasteiger partial charge < -0.3 is 24.0 Å². The molecule has 2 N–H and O–H groups in total. The van der Waals surface area contributed by atoms with Crippen molar-refractivity contribution in [2.45, 2.75) is 96.4 Å². The van der Waals surface area contributed by atoms with Crippen LogP contribution in [0.3, 0.4) is 0 Å². The van der Waals surface area contributed by atoms with E-state index in [1.54, 1.807) is 0 Å². The van der Waals surface area contributed by atoms with Crippen molar-refractivity contribution in [3.63, 3.8) is 0 Å². The number of hydrogen-bond acceptors (Lipinski definition) is 7. The van der Waals surface area contributed by atoms with Gasteiger partial charge in [-0.1, -0.05) is 56.2 Å². The summed E-state index contributed by atoms with van der Waals surface area (Å²) in [5.41, 5.74) is 0. The molecule has 2 unspecified atom stereocenters. The molecule has 0 saturated carbocycles. The Labute approximate surface area is 208 Å². The molecule has 0 spiro atoms. The summed E-state index contributed by atoms with van der Waals surface area (Å²) in [6, 6.07) is 0. The lowest BCUT2D eigenvalue weighted by atomic mass is 10.1. The summed E-state index contributed by atoms with van der Waals surface area (Å²) in [6.07, 6.45) is 21.6. The molecule has 1 saturated heterocycles. The lowest BCUT2D eigenvalue weighted by Crippen LogP contribution is -2.28. The maximum absolute atomic E-state index is 11.8. The molecule has 0 aromatic heterocycles. The predicted molar refractivity (Wildman–Crippen MR) is 132 cm³/mol. The zero-order chi connectivity index (χ0) is 25.9. The smallest absolute Gasteiger partial charge is 0.462 e. The van der Waals surface area contributed by atoms with Gasteiger partial charge in [0.1, 0.15) is 6.61 Å². The van der Waals surface area contributed by atoms with Gasteiger partial charge >= 0.3 is 19.8 Å². The third-order valence-corrected chi connectivity index (χ3v) is 5.60. The number of epoxide rings is 1. The van der Waals surface area contributed by atoms with E-state index in [0.29, 0.717) is 18.6 Å². The van der Waals surface area contributed by atoms with E-state index in [1.165, 1.54) is 19.3 Å². The standard InChI is InChI=1S/C25H41O9P/c1-3-4-5-6-10-13-16-23-24(34-23)17-14-11-8-7-9-12-15-18-25(27)31-19-22(33-21(2)26)20-32-35(28,29)30/h7,9-11,13-14,22-24H,3-6,8,12,15-20H2,1-2H3,(H2,28,29,30)/b9-7-,13-10-,14-11-/t22-,23?,24?/m1/s1. The van der Waals surface area contributed by atoms with Gasteiger partial charge in [0.15, 0.2) is 6.10 Å². The minimum Gasteiger partial charge on any atom is -0.462 e. The number of phosphoric acid groups is 1. The lowest BCUT2D eigenvalue weighted by molar-refractivity contribution is -0.159. The summed E-state index contributed by atoms with van der Waals surface area (Å²) in [6.45, 7) is 2.44. The molecule has 0 aromatic carbocycles. The molecule has 1 fully saturated rings. The van der Waals surface area contributed by atoms with Gasteiger partial charge in [0.2, 0.25) is 0 Å². The zero-order valence-electron chi connectivity index (χ0n) is 20.9. The average Bonchev–Trinajstić information content (AvgIpc) is 3.54. The van der Waals surface area contributed by atoms with Crippen LogP contribution in [0.2, 0.25) is 0 Å². The number of phosphoric ester groups is 1. The van der Waals surface area contributed by atoms with Crippen LogP contribution < -0.4 is 0 Å². The number of carbonyl (C=O) groups is 2. The molecule has 1 aliphatic heterocycles. The molecule has 35 heavy (non-hydrogen) atoms. The van der Waals surface area contributed by atoms with Crippen LogP contribution in [0, 0.1) is 0 Å². The second kappa shape index (κ2) is 18.5. The SMILES string of the molecule is CCCCC/C=C\CC1OC1C/C=C\C/C=C\CCCC(=O)OC[C@H](COP(=O)(O)O)OC(C)=O. The van der Waals surface area contributed by atoms with Gasteiger partial charge in [0, 0.05) is 13.3 Å². The largest absolute Gasteiger partial charge is 0.469 e. The molecule has 1 rings (SSSR count). The molecule has 0 aromatic rings. The summed E-state index contributed by atoms with van der Waals surface area (Å²) in [4.78, 5) is 40.3. The molecule has 0 bridgehead atoms. The van der Waals surface area contributed by atoms with Crippen LogP contribution in [0.15, 0.2) is 36.5 Å². The van der Waals surface area contributed by atoms with Crippen LogP contribution in [-0.2, 0) is 32.9 Å². The first-order valence-corrected chi connectivity index (χ1v) is 13.9. The normalized spacial score (nSPS) is 19.0. The van der Waals surface area contributed by atoms with Gasteiger partial charge in [-0.15, -0.1) is 0 Å². The molecule has 1 aliphatic rings. The molecule has 1 heterocycles.